The fourth-order valence-corrected chi connectivity index (χ4v) is 3.37. The van der Waals surface area contributed by atoms with Crippen molar-refractivity contribution in [3.8, 4) is 6.07 Å². The standard InChI is InChI=1S/C13H17N3O5S/c14-3-1-2-6-21-13(17)12-9-11(10-15-12)22(18,19)16-4-7-20-8-5-16/h9-10,15H,1-2,4-8H2. The van der Waals surface area contributed by atoms with E-state index in [2.05, 4.69) is 4.98 Å². The zero-order valence-electron chi connectivity index (χ0n) is 11.9. The highest BCUT2D eigenvalue weighted by Crippen LogP contribution is 2.18. The second kappa shape index (κ2) is 7.40. The van der Waals surface area contributed by atoms with E-state index in [1.54, 1.807) is 0 Å². The third-order valence-corrected chi connectivity index (χ3v) is 5.03. The van der Waals surface area contributed by atoms with Gasteiger partial charge in [0.1, 0.15) is 10.6 Å². The van der Waals surface area contributed by atoms with Gasteiger partial charge in [-0.1, -0.05) is 0 Å². The number of hydrogen-bond donors (Lipinski definition) is 1. The Labute approximate surface area is 128 Å². The lowest BCUT2D eigenvalue weighted by molar-refractivity contribution is 0.0495. The molecule has 8 nitrogen and oxygen atoms in total. The van der Waals surface area contributed by atoms with Crippen molar-refractivity contribution in [2.45, 2.75) is 17.7 Å². The van der Waals surface area contributed by atoms with Gasteiger partial charge in [-0.15, -0.1) is 0 Å². The second-order valence-electron chi connectivity index (χ2n) is 4.66. The molecule has 1 aliphatic rings. The van der Waals surface area contributed by atoms with E-state index >= 15 is 0 Å². The van der Waals surface area contributed by atoms with Crippen LogP contribution in [-0.2, 0) is 19.5 Å². The molecular weight excluding hydrogens is 310 g/mol. The summed E-state index contributed by atoms with van der Waals surface area (Å²) >= 11 is 0. The van der Waals surface area contributed by atoms with Gasteiger partial charge in [0.05, 0.1) is 25.9 Å². The fourth-order valence-electron chi connectivity index (χ4n) is 1.97. The lowest BCUT2D eigenvalue weighted by atomic mass is 10.3. The van der Waals surface area contributed by atoms with Crippen LogP contribution in [0.1, 0.15) is 23.3 Å². The Morgan fingerprint density at radius 1 is 1.45 bits per heavy atom. The SMILES string of the molecule is N#CCCCOC(=O)c1cc(S(=O)(=O)N2CCOCC2)c[nH]1. The molecule has 9 heteroatoms. The van der Waals surface area contributed by atoms with Crippen molar-refractivity contribution in [3.63, 3.8) is 0 Å². The summed E-state index contributed by atoms with van der Waals surface area (Å²) < 4.78 is 36.2. The normalized spacial score (nSPS) is 16.1. The van der Waals surface area contributed by atoms with Gasteiger partial charge in [-0.3, -0.25) is 0 Å². The highest BCUT2D eigenvalue weighted by Gasteiger charge is 2.28. The summed E-state index contributed by atoms with van der Waals surface area (Å²) in [5.41, 5.74) is 0.0730. The molecule has 1 saturated heterocycles. The minimum Gasteiger partial charge on any atom is -0.461 e. The minimum absolute atomic E-state index is 0.0263. The molecule has 0 saturated carbocycles. The molecule has 1 aromatic heterocycles. The Bertz CT molecular complexity index is 655. The van der Waals surface area contributed by atoms with Gasteiger partial charge < -0.3 is 14.5 Å². The Kier molecular flexibility index (Phi) is 5.54. The van der Waals surface area contributed by atoms with Crippen molar-refractivity contribution in [1.82, 2.24) is 9.29 Å². The van der Waals surface area contributed by atoms with E-state index in [0.29, 0.717) is 39.1 Å². The first-order chi connectivity index (χ1) is 10.6. The molecule has 1 aromatic rings. The molecule has 22 heavy (non-hydrogen) atoms. The van der Waals surface area contributed by atoms with Gasteiger partial charge in [-0.25, -0.2) is 13.2 Å². The number of unbranched alkanes of at least 4 members (excludes halogenated alkanes) is 1. The average molecular weight is 327 g/mol. The van der Waals surface area contributed by atoms with Gasteiger partial charge in [0, 0.05) is 25.7 Å². The number of ether oxygens (including phenoxy) is 2. The van der Waals surface area contributed by atoms with E-state index in [4.69, 9.17) is 14.7 Å². The first-order valence-electron chi connectivity index (χ1n) is 6.86. The van der Waals surface area contributed by atoms with Crippen LogP contribution in [-0.4, -0.2) is 56.6 Å². The van der Waals surface area contributed by atoms with Crippen molar-refractivity contribution in [2.75, 3.05) is 32.9 Å². The molecule has 0 atom stereocenters. The average Bonchev–Trinajstić information content (AvgIpc) is 3.03. The molecule has 120 valence electrons. The van der Waals surface area contributed by atoms with E-state index in [-0.39, 0.29) is 17.2 Å². The summed E-state index contributed by atoms with van der Waals surface area (Å²) in [6, 6.07) is 3.21. The molecule has 1 aliphatic heterocycles. The van der Waals surface area contributed by atoms with Crippen LogP contribution < -0.4 is 0 Å². The number of carbonyl (C=O) groups is 1. The topological polar surface area (TPSA) is 112 Å². The van der Waals surface area contributed by atoms with Gasteiger partial charge in [0.2, 0.25) is 10.0 Å². The van der Waals surface area contributed by atoms with Crippen molar-refractivity contribution in [2.24, 2.45) is 0 Å². The van der Waals surface area contributed by atoms with Crippen molar-refractivity contribution in [3.05, 3.63) is 18.0 Å². The Morgan fingerprint density at radius 3 is 2.86 bits per heavy atom. The number of nitrogens with one attached hydrogen (secondary N) is 1. The van der Waals surface area contributed by atoms with Crippen molar-refractivity contribution in [1.29, 1.82) is 5.26 Å². The van der Waals surface area contributed by atoms with Crippen LogP contribution in [0.2, 0.25) is 0 Å². The number of carbonyl (C=O) groups excluding carboxylic acids is 1. The third kappa shape index (κ3) is 3.85. The predicted octanol–water partition coefficient (Wildman–Crippen LogP) is 0.496. The lowest BCUT2D eigenvalue weighted by Crippen LogP contribution is -2.40. The van der Waals surface area contributed by atoms with E-state index in [0.717, 1.165) is 0 Å². The summed E-state index contributed by atoms with van der Waals surface area (Å²) in [5.74, 6) is -0.638. The van der Waals surface area contributed by atoms with Gasteiger partial charge in [-0.05, 0) is 12.5 Å². The number of sulfonamides is 1. The molecule has 2 rings (SSSR count). The van der Waals surface area contributed by atoms with E-state index in [9.17, 15) is 13.2 Å². The number of aromatic nitrogens is 1. The lowest BCUT2D eigenvalue weighted by Gasteiger charge is -2.25. The maximum Gasteiger partial charge on any atom is 0.354 e. The van der Waals surface area contributed by atoms with Crippen LogP contribution in [0.25, 0.3) is 0 Å². The van der Waals surface area contributed by atoms with Gasteiger partial charge >= 0.3 is 5.97 Å². The number of esters is 1. The predicted molar refractivity (Wildman–Crippen MR) is 75.5 cm³/mol. The number of rotatable bonds is 6. The maximum atomic E-state index is 12.4. The largest absolute Gasteiger partial charge is 0.461 e. The number of hydrogen-bond acceptors (Lipinski definition) is 6. The van der Waals surface area contributed by atoms with E-state index in [1.807, 2.05) is 6.07 Å². The van der Waals surface area contributed by atoms with Crippen molar-refractivity contribution >= 4 is 16.0 Å². The quantitative estimate of drug-likeness (QED) is 0.601. The summed E-state index contributed by atoms with van der Waals surface area (Å²) in [4.78, 5) is 14.4. The summed E-state index contributed by atoms with van der Waals surface area (Å²) in [7, 11) is -3.63. The third-order valence-electron chi connectivity index (χ3n) is 3.15. The Morgan fingerprint density at radius 2 is 2.18 bits per heavy atom. The molecule has 0 bridgehead atoms. The molecule has 0 aliphatic carbocycles. The Hall–Kier alpha value is -1.89. The molecule has 1 fully saturated rings. The number of nitrogens with zero attached hydrogens (tertiary/aromatic N) is 2. The molecule has 2 heterocycles. The minimum atomic E-state index is -3.63. The zero-order valence-corrected chi connectivity index (χ0v) is 12.8. The van der Waals surface area contributed by atoms with Gasteiger partial charge in [0.15, 0.2) is 0 Å². The van der Waals surface area contributed by atoms with Crippen molar-refractivity contribution < 1.29 is 22.7 Å². The first-order valence-corrected chi connectivity index (χ1v) is 8.30. The van der Waals surface area contributed by atoms with Crippen LogP contribution in [0.5, 0.6) is 0 Å². The second-order valence-corrected chi connectivity index (χ2v) is 6.60. The van der Waals surface area contributed by atoms with Crippen LogP contribution in [0.4, 0.5) is 0 Å². The molecular formula is C13H17N3O5S. The fraction of sp³-hybridized carbons (Fsp3) is 0.538. The smallest absolute Gasteiger partial charge is 0.354 e. The van der Waals surface area contributed by atoms with E-state index in [1.165, 1.54) is 16.6 Å². The zero-order chi connectivity index (χ0) is 16.0. The van der Waals surface area contributed by atoms with Crippen LogP contribution in [0.15, 0.2) is 17.2 Å². The van der Waals surface area contributed by atoms with E-state index < -0.39 is 16.0 Å². The highest BCUT2D eigenvalue weighted by atomic mass is 32.2. The number of H-pyrrole nitrogens is 1. The van der Waals surface area contributed by atoms with Crippen LogP contribution in [0.3, 0.4) is 0 Å². The van der Waals surface area contributed by atoms with Gasteiger partial charge in [0.25, 0.3) is 0 Å². The molecule has 0 amide bonds. The maximum absolute atomic E-state index is 12.4. The highest BCUT2D eigenvalue weighted by molar-refractivity contribution is 7.89. The van der Waals surface area contributed by atoms with Gasteiger partial charge in [-0.2, -0.15) is 9.57 Å². The molecule has 0 unspecified atom stereocenters. The molecule has 0 radical (unpaired) electrons. The number of nitriles is 1. The number of morpholine rings is 1. The summed E-state index contributed by atoms with van der Waals surface area (Å²) in [5, 5.41) is 8.39. The molecule has 1 N–H and O–H groups in total. The van der Waals surface area contributed by atoms with Crippen LogP contribution in [0, 0.1) is 11.3 Å². The summed E-state index contributed by atoms with van der Waals surface area (Å²) in [6.45, 7) is 1.43. The Balaban J connectivity index is 2.01. The monoisotopic (exact) mass is 327 g/mol. The summed E-state index contributed by atoms with van der Waals surface area (Å²) in [6.07, 6.45) is 2.02. The first kappa shape index (κ1) is 16.5. The van der Waals surface area contributed by atoms with Crippen LogP contribution >= 0.6 is 0 Å². The molecule has 0 aromatic carbocycles. The molecule has 0 spiro atoms. The number of aromatic amines is 1.